The Kier molecular flexibility index (Phi) is 6.66. The predicted octanol–water partition coefficient (Wildman–Crippen LogP) is 5.24. The Labute approximate surface area is 225 Å². The van der Waals surface area contributed by atoms with Gasteiger partial charge in [0.05, 0.1) is 23.9 Å². The molecule has 10 heteroatoms. The molecule has 2 aliphatic rings. The molecule has 4 aromatic rings. The molecular weight excluding hydrogens is 494 g/mol. The fraction of sp³-hybridized carbons (Fsp3) is 0.276. The molecule has 1 saturated carbocycles. The number of ether oxygens (including phenoxy) is 2. The minimum Gasteiger partial charge on any atom is -0.495 e. The zero-order chi connectivity index (χ0) is 26.8. The number of carbonyl (C=O) groups is 1. The number of aromatic amines is 1. The van der Waals surface area contributed by atoms with Gasteiger partial charge in [0.1, 0.15) is 17.5 Å². The third kappa shape index (κ3) is 4.93. The van der Waals surface area contributed by atoms with E-state index in [1.807, 2.05) is 12.4 Å². The molecule has 6 rings (SSSR count). The van der Waals surface area contributed by atoms with Crippen LogP contribution in [0.2, 0.25) is 0 Å². The summed E-state index contributed by atoms with van der Waals surface area (Å²) in [5, 5.41) is 14.9. The van der Waals surface area contributed by atoms with Crippen LogP contribution < -0.4 is 20.1 Å². The SMILES string of the molecule is CNC(=O)c1ccc(Nc2nc(OC3CCCC3)c3c(-c4ccc(C5=NN=CC5)cc4)c[nH]c3n2)c(OC)c1. The highest BCUT2D eigenvalue weighted by Gasteiger charge is 2.23. The van der Waals surface area contributed by atoms with Crippen LogP contribution >= 0.6 is 0 Å². The minimum atomic E-state index is -0.193. The first kappa shape index (κ1) is 24.6. The zero-order valence-electron chi connectivity index (χ0n) is 21.8. The number of nitrogens with one attached hydrogen (secondary N) is 3. The van der Waals surface area contributed by atoms with Crippen molar-refractivity contribution in [2.24, 2.45) is 10.2 Å². The van der Waals surface area contributed by atoms with Crippen molar-refractivity contribution in [3.8, 4) is 22.8 Å². The molecule has 0 unspecified atom stereocenters. The standard InChI is InChI=1S/C29H29N7O3/c1-30-27(37)19-11-12-23(24(15-19)38-2)33-29-34-26-25(28(35-29)39-20-5-3-4-6-20)21(16-31-26)17-7-9-18(10-8-17)22-13-14-32-36-22/h7-12,14-16,20H,3-6,13H2,1-2H3,(H,30,37)(H2,31,33,34,35). The quantitative estimate of drug-likeness (QED) is 0.290. The fourth-order valence-corrected chi connectivity index (χ4v) is 5.03. The molecule has 1 fully saturated rings. The Hall–Kier alpha value is -4.73. The number of hydrogen-bond acceptors (Lipinski definition) is 8. The summed E-state index contributed by atoms with van der Waals surface area (Å²) in [6.45, 7) is 0. The molecule has 0 saturated heterocycles. The summed E-state index contributed by atoms with van der Waals surface area (Å²) in [5.41, 5.74) is 5.80. The average Bonchev–Trinajstić information content (AvgIpc) is 3.76. The monoisotopic (exact) mass is 523 g/mol. The van der Waals surface area contributed by atoms with Gasteiger partial charge in [-0.25, -0.2) is 0 Å². The van der Waals surface area contributed by atoms with Crippen LogP contribution in [0, 0.1) is 0 Å². The lowest BCUT2D eigenvalue weighted by Crippen LogP contribution is -2.17. The summed E-state index contributed by atoms with van der Waals surface area (Å²) in [6, 6.07) is 13.4. The van der Waals surface area contributed by atoms with Crippen molar-refractivity contribution in [1.29, 1.82) is 0 Å². The van der Waals surface area contributed by atoms with E-state index in [-0.39, 0.29) is 12.0 Å². The topological polar surface area (TPSA) is 126 Å². The van der Waals surface area contributed by atoms with Crippen molar-refractivity contribution < 1.29 is 14.3 Å². The number of aromatic nitrogens is 3. The lowest BCUT2D eigenvalue weighted by atomic mass is 10.0. The van der Waals surface area contributed by atoms with Crippen LogP contribution in [0.15, 0.2) is 58.9 Å². The predicted molar refractivity (Wildman–Crippen MR) is 152 cm³/mol. The van der Waals surface area contributed by atoms with Crippen LogP contribution in [0.3, 0.4) is 0 Å². The summed E-state index contributed by atoms with van der Waals surface area (Å²) in [4.78, 5) is 24.9. The maximum Gasteiger partial charge on any atom is 0.251 e. The van der Waals surface area contributed by atoms with Crippen LogP contribution in [-0.2, 0) is 0 Å². The van der Waals surface area contributed by atoms with Crippen molar-refractivity contribution in [2.75, 3.05) is 19.5 Å². The first-order chi connectivity index (χ1) is 19.1. The van der Waals surface area contributed by atoms with Crippen molar-refractivity contribution in [3.05, 3.63) is 59.8 Å². The number of methoxy groups -OCH3 is 1. The molecule has 2 aromatic carbocycles. The minimum absolute atomic E-state index is 0.114. The molecule has 3 heterocycles. The molecule has 10 nitrogen and oxygen atoms in total. The molecule has 2 aromatic heterocycles. The lowest BCUT2D eigenvalue weighted by molar-refractivity contribution is 0.0962. The number of benzene rings is 2. The van der Waals surface area contributed by atoms with Crippen LogP contribution in [0.25, 0.3) is 22.2 Å². The molecule has 0 atom stereocenters. The summed E-state index contributed by atoms with van der Waals surface area (Å²) in [5.74, 6) is 1.21. The van der Waals surface area contributed by atoms with Crippen LogP contribution in [0.5, 0.6) is 11.6 Å². The summed E-state index contributed by atoms with van der Waals surface area (Å²) in [7, 11) is 3.15. The largest absolute Gasteiger partial charge is 0.495 e. The first-order valence-corrected chi connectivity index (χ1v) is 13.0. The number of H-pyrrole nitrogens is 1. The Balaban J connectivity index is 1.37. The van der Waals surface area contributed by atoms with Crippen molar-refractivity contribution in [2.45, 2.75) is 38.2 Å². The number of anilines is 2. The van der Waals surface area contributed by atoms with E-state index in [4.69, 9.17) is 19.4 Å². The molecule has 0 spiro atoms. The number of carbonyl (C=O) groups excluding carboxylic acids is 1. The van der Waals surface area contributed by atoms with E-state index in [9.17, 15) is 4.79 Å². The van der Waals surface area contributed by atoms with Gasteiger partial charge in [0.25, 0.3) is 5.91 Å². The molecule has 1 aliphatic heterocycles. The maximum atomic E-state index is 12.1. The zero-order valence-corrected chi connectivity index (χ0v) is 21.8. The van der Waals surface area contributed by atoms with Crippen LogP contribution in [-0.4, -0.2) is 53.0 Å². The number of fused-ring (bicyclic) bond motifs is 1. The average molecular weight is 524 g/mol. The van der Waals surface area contributed by atoms with Gasteiger partial charge >= 0.3 is 0 Å². The Morgan fingerprint density at radius 1 is 1.05 bits per heavy atom. The number of amides is 1. The lowest BCUT2D eigenvalue weighted by Gasteiger charge is -2.16. The highest BCUT2D eigenvalue weighted by Crippen LogP contribution is 2.37. The smallest absolute Gasteiger partial charge is 0.251 e. The summed E-state index contributed by atoms with van der Waals surface area (Å²) < 4.78 is 12.0. The van der Waals surface area contributed by atoms with E-state index in [0.717, 1.165) is 59.9 Å². The van der Waals surface area contributed by atoms with E-state index in [2.05, 4.69) is 50.1 Å². The van der Waals surface area contributed by atoms with Gasteiger partial charge in [-0.05, 0) is 55.0 Å². The fourth-order valence-electron chi connectivity index (χ4n) is 5.03. The van der Waals surface area contributed by atoms with Gasteiger partial charge in [0.2, 0.25) is 11.8 Å². The van der Waals surface area contributed by atoms with E-state index < -0.39 is 0 Å². The van der Waals surface area contributed by atoms with E-state index in [0.29, 0.717) is 34.5 Å². The molecule has 1 aliphatic carbocycles. The Morgan fingerprint density at radius 2 is 1.85 bits per heavy atom. The second-order valence-corrected chi connectivity index (χ2v) is 9.55. The van der Waals surface area contributed by atoms with Crippen LogP contribution in [0.1, 0.15) is 48.0 Å². The molecule has 0 bridgehead atoms. The third-order valence-electron chi connectivity index (χ3n) is 7.09. The molecule has 1 amide bonds. The van der Waals surface area contributed by atoms with Gasteiger partial charge in [-0.1, -0.05) is 24.3 Å². The molecule has 198 valence electrons. The van der Waals surface area contributed by atoms with Crippen LogP contribution in [0.4, 0.5) is 11.6 Å². The second-order valence-electron chi connectivity index (χ2n) is 9.55. The third-order valence-corrected chi connectivity index (χ3v) is 7.09. The number of rotatable bonds is 8. The van der Waals surface area contributed by atoms with Gasteiger partial charge in [0.15, 0.2) is 0 Å². The van der Waals surface area contributed by atoms with E-state index in [1.54, 1.807) is 32.4 Å². The Morgan fingerprint density at radius 3 is 2.56 bits per heavy atom. The van der Waals surface area contributed by atoms with Gasteiger partial charge in [-0.15, -0.1) is 0 Å². The molecular formula is C29H29N7O3. The van der Waals surface area contributed by atoms with Gasteiger partial charge in [-0.2, -0.15) is 20.2 Å². The summed E-state index contributed by atoms with van der Waals surface area (Å²) in [6.07, 6.45) is 8.90. The normalized spacial score (nSPS) is 15.0. The van der Waals surface area contributed by atoms with E-state index in [1.165, 1.54) is 0 Å². The number of nitrogens with zero attached hydrogens (tertiary/aromatic N) is 4. The summed E-state index contributed by atoms with van der Waals surface area (Å²) >= 11 is 0. The van der Waals surface area contributed by atoms with Crippen molar-refractivity contribution in [1.82, 2.24) is 20.3 Å². The number of hydrogen-bond donors (Lipinski definition) is 3. The van der Waals surface area contributed by atoms with Crippen molar-refractivity contribution in [3.63, 3.8) is 0 Å². The van der Waals surface area contributed by atoms with E-state index >= 15 is 0 Å². The van der Waals surface area contributed by atoms with Gasteiger partial charge < -0.3 is 25.1 Å². The second kappa shape index (κ2) is 10.6. The highest BCUT2D eigenvalue weighted by atomic mass is 16.5. The first-order valence-electron chi connectivity index (χ1n) is 13.0. The molecule has 0 radical (unpaired) electrons. The Bertz CT molecular complexity index is 1580. The highest BCUT2D eigenvalue weighted by molar-refractivity contribution is 6.09. The van der Waals surface area contributed by atoms with Gasteiger partial charge in [0, 0.05) is 37.0 Å². The van der Waals surface area contributed by atoms with Crippen molar-refractivity contribution >= 4 is 40.5 Å². The molecule has 39 heavy (non-hydrogen) atoms. The molecule has 3 N–H and O–H groups in total. The van der Waals surface area contributed by atoms with Gasteiger partial charge in [-0.3, -0.25) is 4.79 Å². The maximum absolute atomic E-state index is 12.1.